The quantitative estimate of drug-likeness (QED) is 0.573. The first kappa shape index (κ1) is 11.5. The number of alkyl halides is 3. The fraction of sp³-hybridized carbons (Fsp3) is 0.0769. The van der Waals surface area contributed by atoms with Crippen molar-refractivity contribution < 1.29 is 17.6 Å². The molecule has 0 aliphatic carbocycles. The van der Waals surface area contributed by atoms with Gasteiger partial charge in [0.1, 0.15) is 11.2 Å². The molecular formula is C13H7F3OS. The van der Waals surface area contributed by atoms with Gasteiger partial charge in [0.15, 0.2) is 0 Å². The van der Waals surface area contributed by atoms with Crippen molar-refractivity contribution in [2.75, 3.05) is 0 Å². The highest BCUT2D eigenvalue weighted by Crippen LogP contribution is 2.35. The van der Waals surface area contributed by atoms with E-state index in [-0.39, 0.29) is 5.58 Å². The van der Waals surface area contributed by atoms with Gasteiger partial charge in [0.2, 0.25) is 0 Å². The van der Waals surface area contributed by atoms with Crippen molar-refractivity contribution in [2.45, 2.75) is 11.1 Å². The van der Waals surface area contributed by atoms with Gasteiger partial charge in [-0.05, 0) is 36.4 Å². The fourth-order valence-electron chi connectivity index (χ4n) is 1.94. The van der Waals surface area contributed by atoms with Gasteiger partial charge in [-0.25, -0.2) is 0 Å². The molecule has 92 valence electrons. The zero-order valence-corrected chi connectivity index (χ0v) is 9.85. The first-order chi connectivity index (χ1) is 8.45. The number of halogens is 3. The molecule has 3 rings (SSSR count). The number of hydrogen-bond donors (Lipinski definition) is 1. The SMILES string of the molecule is FC(F)(F)c1ccc2c(c1)oc1cc(S)ccc12. The van der Waals surface area contributed by atoms with Crippen LogP contribution in [0.15, 0.2) is 45.7 Å². The van der Waals surface area contributed by atoms with Gasteiger partial charge in [-0.2, -0.15) is 13.2 Å². The van der Waals surface area contributed by atoms with Crippen LogP contribution in [0.4, 0.5) is 13.2 Å². The van der Waals surface area contributed by atoms with E-state index in [9.17, 15) is 13.2 Å². The summed E-state index contributed by atoms with van der Waals surface area (Å²) in [7, 11) is 0. The molecule has 0 spiro atoms. The van der Waals surface area contributed by atoms with Crippen LogP contribution in [-0.4, -0.2) is 0 Å². The van der Waals surface area contributed by atoms with Crippen LogP contribution in [0, 0.1) is 0 Å². The van der Waals surface area contributed by atoms with Gasteiger partial charge in [-0.1, -0.05) is 0 Å². The Hall–Kier alpha value is -1.62. The van der Waals surface area contributed by atoms with E-state index in [1.807, 2.05) is 0 Å². The Morgan fingerprint density at radius 3 is 2.17 bits per heavy atom. The summed E-state index contributed by atoms with van der Waals surface area (Å²) in [6, 6.07) is 8.77. The summed E-state index contributed by atoms with van der Waals surface area (Å²) in [6.07, 6.45) is -4.36. The van der Waals surface area contributed by atoms with Crippen LogP contribution in [-0.2, 0) is 6.18 Å². The largest absolute Gasteiger partial charge is 0.456 e. The third-order valence-electron chi connectivity index (χ3n) is 2.78. The Labute approximate surface area is 106 Å². The van der Waals surface area contributed by atoms with Gasteiger partial charge >= 0.3 is 6.18 Å². The van der Waals surface area contributed by atoms with Gasteiger partial charge in [0.25, 0.3) is 0 Å². The van der Waals surface area contributed by atoms with Gasteiger partial charge in [-0.3, -0.25) is 0 Å². The van der Waals surface area contributed by atoms with E-state index in [1.54, 1.807) is 18.2 Å². The lowest BCUT2D eigenvalue weighted by Crippen LogP contribution is -2.03. The number of furan rings is 1. The van der Waals surface area contributed by atoms with Crippen LogP contribution < -0.4 is 0 Å². The third-order valence-corrected chi connectivity index (χ3v) is 3.06. The van der Waals surface area contributed by atoms with Crippen LogP contribution in [0.2, 0.25) is 0 Å². The van der Waals surface area contributed by atoms with Crippen LogP contribution in [0.3, 0.4) is 0 Å². The molecule has 0 amide bonds. The molecule has 0 aliphatic rings. The standard InChI is InChI=1S/C13H7F3OS/c14-13(15,16)7-1-3-9-10-4-2-8(18)6-12(10)17-11(9)5-7/h1-6,18H. The lowest BCUT2D eigenvalue weighted by atomic mass is 10.1. The minimum atomic E-state index is -4.36. The Bertz CT molecular complexity index is 743. The summed E-state index contributed by atoms with van der Waals surface area (Å²) in [5, 5.41) is 1.46. The second-order valence-electron chi connectivity index (χ2n) is 3.99. The van der Waals surface area contributed by atoms with Crippen molar-refractivity contribution in [3.8, 4) is 0 Å². The number of thiol groups is 1. The van der Waals surface area contributed by atoms with Gasteiger partial charge in [0, 0.05) is 15.7 Å². The van der Waals surface area contributed by atoms with E-state index in [0.29, 0.717) is 15.9 Å². The molecule has 1 nitrogen and oxygen atoms in total. The molecule has 0 atom stereocenters. The summed E-state index contributed by atoms with van der Waals surface area (Å²) < 4.78 is 43.2. The van der Waals surface area contributed by atoms with Crippen molar-refractivity contribution in [2.24, 2.45) is 0 Å². The average molecular weight is 268 g/mol. The van der Waals surface area contributed by atoms with E-state index >= 15 is 0 Å². The Kier molecular flexibility index (Phi) is 2.35. The second-order valence-corrected chi connectivity index (χ2v) is 4.51. The molecule has 0 saturated heterocycles. The summed E-state index contributed by atoms with van der Waals surface area (Å²) in [4.78, 5) is 0.706. The molecule has 0 unspecified atom stereocenters. The summed E-state index contributed by atoms with van der Waals surface area (Å²) >= 11 is 4.17. The molecule has 2 aromatic carbocycles. The van der Waals surface area contributed by atoms with Crippen molar-refractivity contribution in [3.63, 3.8) is 0 Å². The monoisotopic (exact) mass is 268 g/mol. The summed E-state index contributed by atoms with van der Waals surface area (Å²) in [5.74, 6) is 0. The van der Waals surface area contributed by atoms with Crippen LogP contribution >= 0.6 is 12.6 Å². The maximum absolute atomic E-state index is 12.6. The topological polar surface area (TPSA) is 13.1 Å². The van der Waals surface area contributed by atoms with Crippen molar-refractivity contribution in [1.29, 1.82) is 0 Å². The number of hydrogen-bond acceptors (Lipinski definition) is 2. The lowest BCUT2D eigenvalue weighted by Gasteiger charge is -2.05. The lowest BCUT2D eigenvalue weighted by molar-refractivity contribution is -0.137. The number of rotatable bonds is 0. The number of fused-ring (bicyclic) bond motifs is 3. The maximum Gasteiger partial charge on any atom is 0.416 e. The van der Waals surface area contributed by atoms with E-state index in [1.165, 1.54) is 6.07 Å². The van der Waals surface area contributed by atoms with Crippen LogP contribution in [0.5, 0.6) is 0 Å². The molecular weight excluding hydrogens is 261 g/mol. The molecule has 5 heteroatoms. The molecule has 0 radical (unpaired) electrons. The fourth-order valence-corrected chi connectivity index (χ4v) is 2.13. The molecule has 0 saturated carbocycles. The first-order valence-electron chi connectivity index (χ1n) is 5.17. The van der Waals surface area contributed by atoms with Crippen LogP contribution in [0.25, 0.3) is 21.9 Å². The summed E-state index contributed by atoms with van der Waals surface area (Å²) in [6.45, 7) is 0. The molecule has 0 N–H and O–H groups in total. The van der Waals surface area contributed by atoms with Gasteiger partial charge < -0.3 is 4.42 Å². The average Bonchev–Trinajstić information content (AvgIpc) is 2.63. The smallest absolute Gasteiger partial charge is 0.416 e. The highest BCUT2D eigenvalue weighted by Gasteiger charge is 2.31. The Balaban J connectivity index is 2.33. The maximum atomic E-state index is 12.6. The Morgan fingerprint density at radius 2 is 1.50 bits per heavy atom. The zero-order valence-electron chi connectivity index (χ0n) is 8.95. The molecule has 0 fully saturated rings. The molecule has 3 aromatic rings. The van der Waals surface area contributed by atoms with Gasteiger partial charge in [0.05, 0.1) is 5.56 Å². The molecule has 18 heavy (non-hydrogen) atoms. The summed E-state index contributed by atoms with van der Waals surface area (Å²) in [5.41, 5.74) is 0.0655. The highest BCUT2D eigenvalue weighted by atomic mass is 32.1. The predicted octanol–water partition coefficient (Wildman–Crippen LogP) is 4.89. The van der Waals surface area contributed by atoms with E-state index in [4.69, 9.17) is 4.42 Å². The minimum Gasteiger partial charge on any atom is -0.456 e. The van der Waals surface area contributed by atoms with Gasteiger partial charge in [-0.15, -0.1) is 12.6 Å². The van der Waals surface area contributed by atoms with E-state index in [2.05, 4.69) is 12.6 Å². The van der Waals surface area contributed by atoms with E-state index < -0.39 is 11.7 Å². The first-order valence-corrected chi connectivity index (χ1v) is 5.62. The highest BCUT2D eigenvalue weighted by molar-refractivity contribution is 7.80. The predicted molar refractivity (Wildman–Crippen MR) is 66.0 cm³/mol. The second kappa shape index (κ2) is 3.68. The molecule has 0 aliphatic heterocycles. The molecule has 1 aromatic heterocycles. The van der Waals surface area contributed by atoms with E-state index in [0.717, 1.165) is 17.5 Å². The zero-order chi connectivity index (χ0) is 12.9. The normalized spacial score (nSPS) is 12.4. The van der Waals surface area contributed by atoms with Crippen molar-refractivity contribution in [1.82, 2.24) is 0 Å². The molecule has 1 heterocycles. The Morgan fingerprint density at radius 1 is 0.889 bits per heavy atom. The number of benzene rings is 2. The minimum absolute atomic E-state index is 0.235. The third kappa shape index (κ3) is 1.75. The van der Waals surface area contributed by atoms with Crippen molar-refractivity contribution in [3.05, 3.63) is 42.0 Å². The molecule has 0 bridgehead atoms. The van der Waals surface area contributed by atoms with Crippen LogP contribution in [0.1, 0.15) is 5.56 Å². The van der Waals surface area contributed by atoms with Crippen molar-refractivity contribution >= 4 is 34.6 Å².